The van der Waals surface area contributed by atoms with Gasteiger partial charge in [-0.25, -0.2) is 9.58 Å². The summed E-state index contributed by atoms with van der Waals surface area (Å²) in [6.45, 7) is 2.06. The number of aryl methyl sites for hydroxylation is 1. The van der Waals surface area contributed by atoms with Crippen LogP contribution in [0.3, 0.4) is 0 Å². The summed E-state index contributed by atoms with van der Waals surface area (Å²) >= 11 is 0. The Hall–Kier alpha value is -3.48. The first-order valence-corrected chi connectivity index (χ1v) is 9.80. The molecule has 1 fully saturated rings. The molecule has 0 bridgehead atoms. The Kier molecular flexibility index (Phi) is 4.16. The van der Waals surface area contributed by atoms with Crippen LogP contribution in [0, 0.1) is 6.92 Å². The van der Waals surface area contributed by atoms with E-state index < -0.39 is 0 Å². The lowest BCUT2D eigenvalue weighted by Gasteiger charge is -2.31. The first kappa shape index (κ1) is 17.6. The minimum Gasteiger partial charge on any atom is -0.347 e. The smallest absolute Gasteiger partial charge is 0.260 e. The maximum Gasteiger partial charge on any atom is 0.260 e. The van der Waals surface area contributed by atoms with E-state index in [1.165, 1.54) is 5.56 Å². The monoisotopic (exact) mass is 387 g/mol. The van der Waals surface area contributed by atoms with Gasteiger partial charge in [0.15, 0.2) is 0 Å². The molecule has 2 aromatic carbocycles. The number of hydrogen-bond donors (Lipinski definition) is 1. The van der Waals surface area contributed by atoms with Crippen LogP contribution in [0.25, 0.3) is 0 Å². The predicted molar refractivity (Wildman–Crippen MR) is 108 cm³/mol. The molecule has 0 saturated carbocycles. The fraction of sp³-hybridized carbons (Fsp3) is 0.273. The lowest BCUT2D eigenvalue weighted by atomic mass is 9.93. The van der Waals surface area contributed by atoms with Gasteiger partial charge in [0, 0.05) is 12.8 Å². The molecule has 0 radical (unpaired) electrons. The van der Waals surface area contributed by atoms with Gasteiger partial charge in [-0.15, -0.1) is 5.10 Å². The van der Waals surface area contributed by atoms with Gasteiger partial charge in [0.05, 0.1) is 12.1 Å². The summed E-state index contributed by atoms with van der Waals surface area (Å²) in [6, 6.07) is 18.6. The maximum atomic E-state index is 12.2. The van der Waals surface area contributed by atoms with Crippen LogP contribution in [0.1, 0.15) is 48.0 Å². The van der Waals surface area contributed by atoms with Crippen molar-refractivity contribution < 1.29 is 9.59 Å². The van der Waals surface area contributed by atoms with Gasteiger partial charge < -0.3 is 5.32 Å². The van der Waals surface area contributed by atoms with Gasteiger partial charge in [-0.3, -0.25) is 9.59 Å². The molecule has 1 saturated heterocycles. The second-order valence-electron chi connectivity index (χ2n) is 7.57. The van der Waals surface area contributed by atoms with Crippen molar-refractivity contribution in [1.82, 2.24) is 14.8 Å². The molecule has 0 unspecified atom stereocenters. The van der Waals surface area contributed by atoms with E-state index in [4.69, 9.17) is 0 Å². The number of nitrogens with one attached hydrogen (secondary N) is 1. The van der Waals surface area contributed by atoms with E-state index in [-0.39, 0.29) is 42.7 Å². The number of aromatic nitrogens is 3. The van der Waals surface area contributed by atoms with Gasteiger partial charge in [-0.2, -0.15) is 4.98 Å². The van der Waals surface area contributed by atoms with Crippen molar-refractivity contribution in [2.75, 3.05) is 10.2 Å². The Morgan fingerprint density at radius 1 is 0.931 bits per heavy atom. The number of carbonyl (C=O) groups excluding carboxylic acids is 2. The van der Waals surface area contributed by atoms with Crippen molar-refractivity contribution in [1.29, 1.82) is 0 Å². The first-order valence-electron chi connectivity index (χ1n) is 9.80. The van der Waals surface area contributed by atoms with Gasteiger partial charge in [-0.05, 0) is 24.5 Å². The highest BCUT2D eigenvalue weighted by Gasteiger charge is 2.37. The number of anilines is 2. The molecule has 7 nitrogen and oxygen atoms in total. The number of benzene rings is 2. The molecule has 29 heavy (non-hydrogen) atoms. The van der Waals surface area contributed by atoms with Crippen molar-refractivity contribution in [2.24, 2.45) is 0 Å². The average molecular weight is 387 g/mol. The van der Waals surface area contributed by atoms with Crippen LogP contribution >= 0.6 is 0 Å². The largest absolute Gasteiger partial charge is 0.347 e. The Balaban J connectivity index is 1.58. The molecule has 1 N–H and O–H groups in total. The van der Waals surface area contributed by atoms with E-state index >= 15 is 0 Å². The summed E-state index contributed by atoms with van der Waals surface area (Å²) < 4.78 is 1.80. The molecule has 0 spiro atoms. The van der Waals surface area contributed by atoms with Crippen LogP contribution in [0.4, 0.5) is 11.9 Å². The third-order valence-corrected chi connectivity index (χ3v) is 5.59. The number of amides is 2. The molecule has 0 aliphatic carbocycles. The SMILES string of the molecule is Cc1ccc([C@@H]2C[C@@H](c3ccccc3)Nc3nc(N4C(=O)CCC4=O)nn32)cc1. The lowest BCUT2D eigenvalue weighted by molar-refractivity contribution is -0.121. The highest BCUT2D eigenvalue weighted by atomic mass is 16.2. The van der Waals surface area contributed by atoms with Gasteiger partial charge in [0.25, 0.3) is 5.95 Å². The van der Waals surface area contributed by atoms with Crippen LogP contribution in [0.5, 0.6) is 0 Å². The molecular weight excluding hydrogens is 366 g/mol. The van der Waals surface area contributed by atoms with Crippen molar-refractivity contribution in [3.8, 4) is 0 Å². The quantitative estimate of drug-likeness (QED) is 0.697. The Labute approximate surface area is 168 Å². The van der Waals surface area contributed by atoms with E-state index in [1.54, 1.807) is 4.68 Å². The normalized spacial score (nSPS) is 21.2. The maximum absolute atomic E-state index is 12.2. The summed E-state index contributed by atoms with van der Waals surface area (Å²) in [5.74, 6) is 0.234. The Morgan fingerprint density at radius 2 is 1.62 bits per heavy atom. The molecule has 2 aliphatic heterocycles. The fourth-order valence-electron chi connectivity index (χ4n) is 4.03. The number of imide groups is 1. The van der Waals surface area contributed by atoms with E-state index in [2.05, 4.69) is 58.7 Å². The number of carbonyl (C=O) groups is 2. The zero-order chi connectivity index (χ0) is 20.0. The minimum atomic E-state index is -0.246. The van der Waals surface area contributed by atoms with Gasteiger partial charge in [0.2, 0.25) is 17.8 Å². The summed E-state index contributed by atoms with van der Waals surface area (Å²) in [6.07, 6.45) is 1.21. The second kappa shape index (κ2) is 6.84. The highest BCUT2D eigenvalue weighted by Crippen LogP contribution is 2.39. The summed E-state index contributed by atoms with van der Waals surface area (Å²) in [5.41, 5.74) is 3.47. The molecule has 5 rings (SSSR count). The van der Waals surface area contributed by atoms with Crippen LogP contribution in [-0.4, -0.2) is 26.6 Å². The van der Waals surface area contributed by atoms with Gasteiger partial charge >= 0.3 is 0 Å². The third-order valence-electron chi connectivity index (χ3n) is 5.59. The van der Waals surface area contributed by atoms with Crippen molar-refractivity contribution in [3.63, 3.8) is 0 Å². The first-order chi connectivity index (χ1) is 14.1. The highest BCUT2D eigenvalue weighted by molar-refractivity contribution is 6.18. The lowest BCUT2D eigenvalue weighted by Crippen LogP contribution is -2.30. The van der Waals surface area contributed by atoms with E-state index in [9.17, 15) is 9.59 Å². The molecule has 2 aliphatic rings. The zero-order valence-corrected chi connectivity index (χ0v) is 16.1. The number of fused-ring (bicyclic) bond motifs is 1. The van der Waals surface area contributed by atoms with E-state index in [0.717, 1.165) is 22.4 Å². The molecule has 3 heterocycles. The fourth-order valence-corrected chi connectivity index (χ4v) is 4.03. The molecule has 7 heteroatoms. The average Bonchev–Trinajstić information content (AvgIpc) is 3.30. The number of hydrogen-bond acceptors (Lipinski definition) is 5. The Morgan fingerprint density at radius 3 is 2.31 bits per heavy atom. The summed E-state index contributed by atoms with van der Waals surface area (Å²) in [4.78, 5) is 30.0. The summed E-state index contributed by atoms with van der Waals surface area (Å²) in [7, 11) is 0. The predicted octanol–water partition coefficient (Wildman–Crippen LogP) is 3.39. The van der Waals surface area contributed by atoms with Gasteiger partial charge in [0.1, 0.15) is 0 Å². The van der Waals surface area contributed by atoms with Crippen molar-refractivity contribution in [3.05, 3.63) is 71.3 Å². The number of rotatable bonds is 3. The zero-order valence-electron chi connectivity index (χ0n) is 16.1. The standard InChI is InChI=1S/C22H21N5O2/c1-14-7-9-16(10-8-14)18-13-17(15-5-3-2-4-6-15)23-21-24-22(25-27(18)21)26-19(28)11-12-20(26)29/h2-10,17-18H,11-13H2,1H3,(H,23,24,25)/t17-,18-/m0/s1. The van der Waals surface area contributed by atoms with Crippen LogP contribution in [-0.2, 0) is 9.59 Å². The molecule has 1 aromatic heterocycles. The minimum absolute atomic E-state index is 0.0499. The van der Waals surface area contributed by atoms with Crippen molar-refractivity contribution in [2.45, 2.75) is 38.3 Å². The molecular formula is C22H21N5O2. The second-order valence-corrected chi connectivity index (χ2v) is 7.57. The molecule has 2 atom stereocenters. The van der Waals surface area contributed by atoms with Crippen LogP contribution < -0.4 is 10.2 Å². The van der Waals surface area contributed by atoms with E-state index in [0.29, 0.717) is 5.95 Å². The summed E-state index contributed by atoms with van der Waals surface area (Å²) in [5, 5.41) is 8.01. The van der Waals surface area contributed by atoms with E-state index in [1.807, 2.05) is 18.2 Å². The third kappa shape index (κ3) is 3.08. The van der Waals surface area contributed by atoms with Gasteiger partial charge in [-0.1, -0.05) is 60.2 Å². The van der Waals surface area contributed by atoms with Crippen molar-refractivity contribution >= 4 is 23.7 Å². The number of nitrogens with zero attached hydrogens (tertiary/aromatic N) is 4. The topological polar surface area (TPSA) is 80.1 Å². The van der Waals surface area contributed by atoms with Crippen LogP contribution in [0.15, 0.2) is 54.6 Å². The molecule has 146 valence electrons. The Bertz CT molecular complexity index is 1060. The molecule has 2 amide bonds. The van der Waals surface area contributed by atoms with Crippen LogP contribution in [0.2, 0.25) is 0 Å². The molecule has 3 aromatic rings.